The number of piperidine rings is 1. The van der Waals surface area contributed by atoms with Crippen molar-refractivity contribution in [1.82, 2.24) is 9.88 Å². The fraction of sp³-hybridized carbons (Fsp3) is 0.440. The number of aromatic nitrogens is 1. The lowest BCUT2D eigenvalue weighted by Gasteiger charge is -2.53. The number of rotatable bonds is 2. The highest BCUT2D eigenvalue weighted by Crippen LogP contribution is 2.55. The van der Waals surface area contributed by atoms with Gasteiger partial charge in [-0.3, -0.25) is 4.90 Å². The zero-order valence-corrected chi connectivity index (χ0v) is 17.1. The van der Waals surface area contributed by atoms with Crippen LogP contribution in [0.1, 0.15) is 42.9 Å². The van der Waals surface area contributed by atoms with E-state index in [0.29, 0.717) is 11.7 Å². The van der Waals surface area contributed by atoms with E-state index in [0.717, 1.165) is 57.5 Å². The molecule has 2 saturated heterocycles. The largest absolute Gasteiger partial charge is 0.504 e. The molecule has 0 aliphatic carbocycles. The van der Waals surface area contributed by atoms with Gasteiger partial charge in [0.1, 0.15) is 5.60 Å². The van der Waals surface area contributed by atoms with Crippen molar-refractivity contribution in [3.8, 4) is 11.5 Å². The molecule has 2 N–H and O–H groups in total. The van der Waals surface area contributed by atoms with Crippen LogP contribution in [0.4, 0.5) is 0 Å². The summed E-state index contributed by atoms with van der Waals surface area (Å²) in [4.78, 5) is 5.84. The highest BCUT2D eigenvalue weighted by Gasteiger charge is 2.52. The number of phenolic OH excluding ortho intramolecular Hbond substituents is 1. The Kier molecular flexibility index (Phi) is 4.29. The number of aromatic amines is 1. The Balaban J connectivity index is 1.23. The molecule has 1 spiro atoms. The number of likely N-dealkylation sites (tertiary alicyclic amines) is 1. The predicted octanol–water partition coefficient (Wildman–Crippen LogP) is 4.77. The van der Waals surface area contributed by atoms with Gasteiger partial charge in [0.2, 0.25) is 0 Å². The van der Waals surface area contributed by atoms with Crippen LogP contribution in [-0.2, 0) is 11.3 Å². The highest BCUT2D eigenvalue weighted by molar-refractivity contribution is 5.79. The van der Waals surface area contributed by atoms with Gasteiger partial charge >= 0.3 is 0 Å². The molecule has 1 aromatic heterocycles. The quantitative estimate of drug-likeness (QED) is 0.646. The number of nitrogens with zero attached hydrogens (tertiary/aromatic N) is 1. The third-order valence-corrected chi connectivity index (χ3v) is 7.36. The summed E-state index contributed by atoms with van der Waals surface area (Å²) < 4.78 is 12.9. The molecule has 0 saturated carbocycles. The van der Waals surface area contributed by atoms with Crippen LogP contribution in [0.2, 0.25) is 0 Å². The number of ether oxygens (including phenoxy) is 2. The Morgan fingerprint density at radius 1 is 1.13 bits per heavy atom. The van der Waals surface area contributed by atoms with Crippen LogP contribution in [0.3, 0.4) is 0 Å². The number of H-pyrrole nitrogens is 1. The van der Waals surface area contributed by atoms with E-state index in [2.05, 4.69) is 40.2 Å². The van der Waals surface area contributed by atoms with E-state index >= 15 is 0 Å². The standard InChI is InChI=1S/C25H28N2O3/c28-22-5-1-3-19-23-20(4-2-14-29-23)25(30-24(19)22)9-12-27(13-10-25)16-17-6-7-18-8-11-26-21(18)15-17/h1,3,5-8,11,15,20,23,26,28H,2,4,9-10,12-14,16H2/t20-,23+/m0/s1. The number of benzene rings is 2. The lowest BCUT2D eigenvalue weighted by molar-refractivity contribution is -0.150. The average molecular weight is 405 g/mol. The molecule has 3 aromatic rings. The van der Waals surface area contributed by atoms with E-state index in [9.17, 15) is 5.11 Å². The summed E-state index contributed by atoms with van der Waals surface area (Å²) in [7, 11) is 0. The van der Waals surface area contributed by atoms with Crippen LogP contribution < -0.4 is 4.74 Å². The van der Waals surface area contributed by atoms with Crippen molar-refractivity contribution in [3.63, 3.8) is 0 Å². The van der Waals surface area contributed by atoms with E-state index in [4.69, 9.17) is 9.47 Å². The van der Waals surface area contributed by atoms with Crippen LogP contribution in [0.15, 0.2) is 48.7 Å². The second kappa shape index (κ2) is 7.03. The molecule has 4 heterocycles. The SMILES string of the molecule is Oc1cccc2c1OC1(CCN(Cc3ccc4cc[nH]c4c3)CC1)[C@H]1CCCO[C@H]21. The minimum absolute atomic E-state index is 0.0384. The molecular formula is C25H28N2O3. The molecule has 0 radical (unpaired) electrons. The maximum Gasteiger partial charge on any atom is 0.167 e. The number of nitrogens with one attached hydrogen (secondary N) is 1. The van der Waals surface area contributed by atoms with Crippen molar-refractivity contribution in [3.05, 3.63) is 59.8 Å². The molecule has 3 aliphatic rings. The summed E-state index contributed by atoms with van der Waals surface area (Å²) in [5.74, 6) is 1.24. The first-order valence-electron chi connectivity index (χ1n) is 11.1. The molecule has 5 nitrogen and oxygen atoms in total. The Morgan fingerprint density at radius 3 is 2.93 bits per heavy atom. The van der Waals surface area contributed by atoms with Crippen molar-refractivity contribution < 1.29 is 14.6 Å². The van der Waals surface area contributed by atoms with Gasteiger partial charge in [-0.25, -0.2) is 0 Å². The zero-order valence-electron chi connectivity index (χ0n) is 17.1. The molecule has 30 heavy (non-hydrogen) atoms. The first-order chi connectivity index (χ1) is 14.7. The van der Waals surface area contributed by atoms with Crippen molar-refractivity contribution in [1.29, 1.82) is 0 Å². The smallest absolute Gasteiger partial charge is 0.167 e. The Bertz CT molecular complexity index is 1070. The number of para-hydroxylation sites is 1. The molecule has 2 atom stereocenters. The number of hydrogen-bond acceptors (Lipinski definition) is 4. The first kappa shape index (κ1) is 18.3. The Labute approximate surface area is 176 Å². The van der Waals surface area contributed by atoms with Gasteiger partial charge in [0.15, 0.2) is 11.5 Å². The Hall–Kier alpha value is -2.50. The van der Waals surface area contributed by atoms with Gasteiger partial charge in [-0.2, -0.15) is 0 Å². The van der Waals surface area contributed by atoms with Gasteiger partial charge in [0, 0.05) is 62.3 Å². The lowest BCUT2D eigenvalue weighted by atomic mass is 9.70. The van der Waals surface area contributed by atoms with Gasteiger partial charge in [-0.15, -0.1) is 0 Å². The third kappa shape index (κ3) is 2.91. The summed E-state index contributed by atoms with van der Waals surface area (Å²) in [6.07, 6.45) is 6.18. The molecular weight excluding hydrogens is 376 g/mol. The van der Waals surface area contributed by atoms with Crippen molar-refractivity contribution >= 4 is 10.9 Å². The number of phenols is 1. The second-order valence-electron chi connectivity index (χ2n) is 9.08. The topological polar surface area (TPSA) is 57.7 Å². The van der Waals surface area contributed by atoms with Crippen LogP contribution in [0.5, 0.6) is 11.5 Å². The van der Waals surface area contributed by atoms with Crippen molar-refractivity contribution in [2.24, 2.45) is 5.92 Å². The fourth-order valence-corrected chi connectivity index (χ4v) is 5.80. The van der Waals surface area contributed by atoms with Crippen LogP contribution in [0, 0.1) is 5.92 Å². The molecule has 2 fully saturated rings. The molecule has 0 bridgehead atoms. The third-order valence-electron chi connectivity index (χ3n) is 7.36. The summed E-state index contributed by atoms with van der Waals surface area (Å²) >= 11 is 0. The van der Waals surface area contributed by atoms with E-state index in [1.54, 1.807) is 6.07 Å². The van der Waals surface area contributed by atoms with Crippen LogP contribution >= 0.6 is 0 Å². The van der Waals surface area contributed by atoms with E-state index < -0.39 is 0 Å². The maximum absolute atomic E-state index is 10.5. The minimum atomic E-state index is -0.239. The zero-order chi connectivity index (χ0) is 20.1. The molecule has 156 valence electrons. The highest BCUT2D eigenvalue weighted by atomic mass is 16.5. The van der Waals surface area contributed by atoms with Gasteiger partial charge in [0.05, 0.1) is 6.10 Å². The summed E-state index contributed by atoms with van der Waals surface area (Å²) in [5.41, 5.74) is 3.32. The van der Waals surface area contributed by atoms with E-state index in [-0.39, 0.29) is 17.5 Å². The lowest BCUT2D eigenvalue weighted by Crippen LogP contribution is -2.57. The maximum atomic E-state index is 10.5. The predicted molar refractivity (Wildman–Crippen MR) is 116 cm³/mol. The van der Waals surface area contributed by atoms with E-state index in [1.807, 2.05) is 12.3 Å². The number of fused-ring (bicyclic) bond motifs is 5. The van der Waals surface area contributed by atoms with Crippen molar-refractivity contribution in [2.45, 2.75) is 43.9 Å². The molecule has 0 unspecified atom stereocenters. The summed E-state index contributed by atoms with van der Waals surface area (Å²) in [6, 6.07) is 14.5. The molecule has 5 heteroatoms. The van der Waals surface area contributed by atoms with E-state index in [1.165, 1.54) is 16.5 Å². The normalized spacial score (nSPS) is 25.6. The van der Waals surface area contributed by atoms with Crippen LogP contribution in [-0.4, -0.2) is 40.3 Å². The first-order valence-corrected chi connectivity index (χ1v) is 11.1. The molecule has 6 rings (SSSR count). The Morgan fingerprint density at radius 2 is 2.03 bits per heavy atom. The van der Waals surface area contributed by atoms with Crippen LogP contribution in [0.25, 0.3) is 10.9 Å². The summed E-state index contributed by atoms with van der Waals surface area (Å²) in [5, 5.41) is 11.7. The number of aromatic hydroxyl groups is 1. The average Bonchev–Trinajstić information content (AvgIpc) is 3.25. The molecule has 0 amide bonds. The minimum Gasteiger partial charge on any atom is -0.504 e. The molecule has 3 aliphatic heterocycles. The van der Waals surface area contributed by atoms with Gasteiger partial charge in [-0.1, -0.05) is 24.3 Å². The monoisotopic (exact) mass is 404 g/mol. The fourth-order valence-electron chi connectivity index (χ4n) is 5.80. The molecule has 2 aromatic carbocycles. The van der Waals surface area contributed by atoms with Gasteiger partial charge in [0.25, 0.3) is 0 Å². The van der Waals surface area contributed by atoms with Gasteiger partial charge < -0.3 is 19.6 Å². The van der Waals surface area contributed by atoms with Crippen molar-refractivity contribution in [2.75, 3.05) is 19.7 Å². The number of hydrogen-bond donors (Lipinski definition) is 2. The summed E-state index contributed by atoms with van der Waals surface area (Å²) in [6.45, 7) is 3.74. The second-order valence-corrected chi connectivity index (χ2v) is 9.08. The van der Waals surface area contributed by atoms with Gasteiger partial charge in [-0.05, 0) is 42.0 Å².